The number of halogens is 2. The molecule has 0 saturated carbocycles. The van der Waals surface area contributed by atoms with Gasteiger partial charge >= 0.3 is 0 Å². The summed E-state index contributed by atoms with van der Waals surface area (Å²) in [5, 5.41) is 9.57. The number of nitrogens with zero attached hydrogens (tertiary/aromatic N) is 1. The van der Waals surface area contributed by atoms with Gasteiger partial charge < -0.3 is 5.11 Å². The van der Waals surface area contributed by atoms with Crippen molar-refractivity contribution >= 4 is 17.0 Å². The van der Waals surface area contributed by atoms with E-state index in [1.807, 2.05) is 11.0 Å². The lowest BCUT2D eigenvalue weighted by atomic mass is 9.92. The maximum atomic E-state index is 12.9. The van der Waals surface area contributed by atoms with Crippen LogP contribution in [-0.2, 0) is 19.3 Å². The van der Waals surface area contributed by atoms with Gasteiger partial charge in [0.15, 0.2) is 0 Å². The highest BCUT2D eigenvalue weighted by atomic mass is 79.9. The van der Waals surface area contributed by atoms with Gasteiger partial charge in [-0.1, -0.05) is 36.4 Å². The maximum Gasteiger partial charge on any atom is 0.123 e. The number of aliphatic hydroxyl groups excluding tert-OH is 1. The lowest BCUT2D eigenvalue weighted by Gasteiger charge is -2.19. The molecule has 1 heterocycles. The molecule has 2 nitrogen and oxygen atoms in total. The SMILES string of the molecule is Br.OC1CCCN1CCc1cccc(F)c1.c1ccc2c(c1)CCCC2. The molecule has 142 valence electrons. The zero-order chi connectivity index (χ0) is 17.5. The molecule has 2 aliphatic rings. The minimum absolute atomic E-state index is 0. The van der Waals surface area contributed by atoms with Crippen molar-refractivity contribution in [1.82, 2.24) is 4.90 Å². The molecule has 1 fully saturated rings. The molecule has 1 aliphatic heterocycles. The van der Waals surface area contributed by atoms with Crippen molar-refractivity contribution < 1.29 is 9.50 Å². The Bertz CT molecular complexity index is 654. The van der Waals surface area contributed by atoms with E-state index in [4.69, 9.17) is 0 Å². The van der Waals surface area contributed by atoms with Crippen LogP contribution in [0, 0.1) is 5.82 Å². The second-order valence-electron chi connectivity index (χ2n) is 7.01. The standard InChI is InChI=1S/C12H16FNO.C10H12.BrH/c13-11-4-1-3-10(9-11)6-8-14-7-2-5-12(14)15;1-2-6-10-8-4-3-7-9(10)5-1;/h1,3-4,9,12,15H,2,5-8H2;1-2,5-6H,3-4,7-8H2;1H. The third-order valence-electron chi connectivity index (χ3n) is 5.17. The molecular formula is C22H29BrFNO. The predicted octanol–water partition coefficient (Wildman–Crippen LogP) is 4.93. The van der Waals surface area contributed by atoms with Crippen LogP contribution in [0.2, 0.25) is 0 Å². The number of aryl methyl sites for hydroxylation is 2. The molecule has 1 unspecified atom stereocenters. The fourth-order valence-electron chi connectivity index (χ4n) is 3.71. The van der Waals surface area contributed by atoms with Crippen molar-refractivity contribution in [3.63, 3.8) is 0 Å². The Kier molecular flexibility index (Phi) is 8.76. The van der Waals surface area contributed by atoms with E-state index >= 15 is 0 Å². The number of hydrogen-bond acceptors (Lipinski definition) is 2. The first-order valence-electron chi connectivity index (χ1n) is 9.46. The van der Waals surface area contributed by atoms with E-state index in [2.05, 4.69) is 24.3 Å². The van der Waals surface area contributed by atoms with E-state index in [-0.39, 0.29) is 29.0 Å². The summed E-state index contributed by atoms with van der Waals surface area (Å²) in [5.41, 5.74) is 4.15. The average Bonchev–Trinajstić information content (AvgIpc) is 3.06. The summed E-state index contributed by atoms with van der Waals surface area (Å²) in [5.74, 6) is -0.186. The van der Waals surface area contributed by atoms with Gasteiger partial charge in [0, 0.05) is 13.1 Å². The van der Waals surface area contributed by atoms with E-state index in [0.29, 0.717) is 0 Å². The highest BCUT2D eigenvalue weighted by Gasteiger charge is 2.21. The highest BCUT2D eigenvalue weighted by molar-refractivity contribution is 8.93. The van der Waals surface area contributed by atoms with Gasteiger partial charge in [-0.15, -0.1) is 17.0 Å². The molecule has 1 saturated heterocycles. The number of benzene rings is 2. The summed E-state index contributed by atoms with van der Waals surface area (Å²) in [6.07, 6.45) is 7.81. The summed E-state index contributed by atoms with van der Waals surface area (Å²) in [6.45, 7) is 1.76. The van der Waals surface area contributed by atoms with Gasteiger partial charge in [0.25, 0.3) is 0 Å². The average molecular weight is 422 g/mol. The van der Waals surface area contributed by atoms with Crippen LogP contribution in [0.3, 0.4) is 0 Å². The van der Waals surface area contributed by atoms with Crippen LogP contribution >= 0.6 is 17.0 Å². The number of hydrogen-bond donors (Lipinski definition) is 1. The lowest BCUT2D eigenvalue weighted by molar-refractivity contribution is 0.0392. The molecule has 0 aromatic heterocycles. The smallest absolute Gasteiger partial charge is 0.123 e. The summed E-state index contributed by atoms with van der Waals surface area (Å²) in [7, 11) is 0. The third-order valence-corrected chi connectivity index (χ3v) is 5.17. The molecule has 1 aliphatic carbocycles. The van der Waals surface area contributed by atoms with Gasteiger partial charge in [-0.05, 0) is 73.8 Å². The highest BCUT2D eigenvalue weighted by Crippen LogP contribution is 2.19. The molecule has 1 N–H and O–H groups in total. The van der Waals surface area contributed by atoms with Gasteiger partial charge in [-0.25, -0.2) is 4.39 Å². The second kappa shape index (κ2) is 10.8. The molecule has 2 aromatic carbocycles. The summed E-state index contributed by atoms with van der Waals surface area (Å²) in [4.78, 5) is 2.05. The first kappa shape index (κ1) is 21.1. The predicted molar refractivity (Wildman–Crippen MR) is 110 cm³/mol. The topological polar surface area (TPSA) is 23.5 Å². The summed E-state index contributed by atoms with van der Waals surface area (Å²) < 4.78 is 12.9. The van der Waals surface area contributed by atoms with E-state index in [1.54, 1.807) is 23.3 Å². The van der Waals surface area contributed by atoms with Crippen molar-refractivity contribution in [2.75, 3.05) is 13.1 Å². The molecule has 0 bridgehead atoms. The van der Waals surface area contributed by atoms with Crippen LogP contribution in [0.5, 0.6) is 0 Å². The Morgan fingerprint density at radius 3 is 2.23 bits per heavy atom. The van der Waals surface area contributed by atoms with E-state index in [9.17, 15) is 9.50 Å². The first-order valence-corrected chi connectivity index (χ1v) is 9.46. The monoisotopic (exact) mass is 421 g/mol. The van der Waals surface area contributed by atoms with Crippen LogP contribution in [0.15, 0.2) is 48.5 Å². The zero-order valence-corrected chi connectivity index (χ0v) is 17.0. The maximum absolute atomic E-state index is 12.9. The molecular weight excluding hydrogens is 393 g/mol. The zero-order valence-electron chi connectivity index (χ0n) is 15.2. The summed E-state index contributed by atoms with van der Waals surface area (Å²) in [6, 6.07) is 15.5. The Balaban J connectivity index is 0.000000193. The van der Waals surface area contributed by atoms with Crippen LogP contribution < -0.4 is 0 Å². The quantitative estimate of drug-likeness (QED) is 0.759. The minimum Gasteiger partial charge on any atom is -0.378 e. The Morgan fingerprint density at radius 1 is 0.962 bits per heavy atom. The number of rotatable bonds is 3. The van der Waals surface area contributed by atoms with E-state index in [0.717, 1.165) is 37.9 Å². The Labute approximate surface area is 166 Å². The van der Waals surface area contributed by atoms with Crippen molar-refractivity contribution in [3.8, 4) is 0 Å². The van der Waals surface area contributed by atoms with Gasteiger partial charge in [-0.2, -0.15) is 0 Å². The molecule has 4 heteroatoms. The van der Waals surface area contributed by atoms with Gasteiger partial charge in [0.05, 0.1) is 0 Å². The van der Waals surface area contributed by atoms with Gasteiger partial charge in [0.1, 0.15) is 12.0 Å². The van der Waals surface area contributed by atoms with Crippen LogP contribution in [0.25, 0.3) is 0 Å². The van der Waals surface area contributed by atoms with Crippen LogP contribution in [0.4, 0.5) is 4.39 Å². The number of fused-ring (bicyclic) bond motifs is 1. The largest absolute Gasteiger partial charge is 0.378 e. The fourth-order valence-corrected chi connectivity index (χ4v) is 3.71. The normalized spacial score (nSPS) is 19.1. The molecule has 2 aromatic rings. The number of likely N-dealkylation sites (tertiary alicyclic amines) is 1. The molecule has 1 atom stereocenters. The first-order chi connectivity index (χ1) is 12.2. The molecule has 4 rings (SSSR count). The summed E-state index contributed by atoms with van der Waals surface area (Å²) >= 11 is 0. The van der Waals surface area contributed by atoms with Crippen molar-refractivity contribution in [3.05, 3.63) is 71.0 Å². The van der Waals surface area contributed by atoms with Crippen molar-refractivity contribution in [2.24, 2.45) is 0 Å². The molecule has 26 heavy (non-hydrogen) atoms. The van der Waals surface area contributed by atoms with Crippen LogP contribution in [0.1, 0.15) is 42.4 Å². The lowest BCUT2D eigenvalue weighted by Crippen LogP contribution is -2.30. The Morgan fingerprint density at radius 2 is 1.65 bits per heavy atom. The second-order valence-corrected chi connectivity index (χ2v) is 7.01. The molecule has 0 amide bonds. The number of aliphatic hydroxyl groups is 1. The minimum atomic E-state index is -0.293. The molecule has 0 radical (unpaired) electrons. The van der Waals surface area contributed by atoms with Crippen molar-refractivity contribution in [2.45, 2.75) is 51.2 Å². The van der Waals surface area contributed by atoms with Gasteiger partial charge in [0.2, 0.25) is 0 Å². The van der Waals surface area contributed by atoms with Crippen LogP contribution in [-0.4, -0.2) is 29.3 Å². The molecule has 0 spiro atoms. The third kappa shape index (κ3) is 6.19. The van der Waals surface area contributed by atoms with Crippen molar-refractivity contribution in [1.29, 1.82) is 0 Å². The Hall–Kier alpha value is -1.23. The fraction of sp³-hybridized carbons (Fsp3) is 0.455. The van der Waals surface area contributed by atoms with E-state index < -0.39 is 0 Å². The van der Waals surface area contributed by atoms with Gasteiger partial charge in [-0.3, -0.25) is 4.90 Å². The van der Waals surface area contributed by atoms with E-state index in [1.165, 1.54) is 31.7 Å².